The number of hydrogen-bond acceptors (Lipinski definition) is 2. The predicted octanol–water partition coefficient (Wildman–Crippen LogP) is 2.96. The first-order chi connectivity index (χ1) is 8.08. The Morgan fingerprint density at radius 2 is 2.24 bits per heavy atom. The largest absolute Gasteiger partial charge is 0.330 e. The molecule has 1 rings (SSSR count). The molecule has 1 unspecified atom stereocenters. The smallest absolute Gasteiger partial charge is 0.228 e. The third-order valence-electron chi connectivity index (χ3n) is 2.75. The maximum absolute atomic E-state index is 12.0. The highest BCUT2D eigenvalue weighted by molar-refractivity contribution is 6.31. The second kappa shape index (κ2) is 6.62. The second-order valence-corrected chi connectivity index (χ2v) is 4.61. The maximum atomic E-state index is 12.0. The Hall–Kier alpha value is -1.06. The molecule has 0 heterocycles. The van der Waals surface area contributed by atoms with Crippen molar-refractivity contribution in [2.75, 3.05) is 11.9 Å². The zero-order chi connectivity index (χ0) is 12.8. The Labute approximate surface area is 107 Å². The van der Waals surface area contributed by atoms with Gasteiger partial charge in [0.1, 0.15) is 0 Å². The molecule has 0 saturated heterocycles. The molecule has 3 N–H and O–H groups in total. The van der Waals surface area contributed by atoms with Gasteiger partial charge >= 0.3 is 0 Å². The van der Waals surface area contributed by atoms with E-state index in [0.717, 1.165) is 24.1 Å². The summed E-state index contributed by atoms with van der Waals surface area (Å²) in [5, 5.41) is 3.50. The molecule has 0 fully saturated rings. The highest BCUT2D eigenvalue weighted by atomic mass is 35.5. The summed E-state index contributed by atoms with van der Waals surface area (Å²) in [7, 11) is 0. The number of halogens is 1. The minimum atomic E-state index is -0.126. The first-order valence-corrected chi connectivity index (χ1v) is 6.23. The van der Waals surface area contributed by atoms with E-state index in [0.29, 0.717) is 11.6 Å². The third kappa shape index (κ3) is 4.02. The molecule has 4 heteroatoms. The number of amides is 1. The van der Waals surface area contributed by atoms with E-state index in [1.165, 1.54) is 0 Å². The van der Waals surface area contributed by atoms with E-state index in [2.05, 4.69) is 5.32 Å². The maximum Gasteiger partial charge on any atom is 0.228 e. The van der Waals surface area contributed by atoms with Crippen LogP contribution in [0.3, 0.4) is 0 Å². The first-order valence-electron chi connectivity index (χ1n) is 5.85. The van der Waals surface area contributed by atoms with Crippen molar-refractivity contribution in [2.24, 2.45) is 11.7 Å². The van der Waals surface area contributed by atoms with Gasteiger partial charge in [-0.2, -0.15) is 0 Å². The molecule has 0 radical (unpaired) electrons. The molecule has 0 aliphatic rings. The number of aryl methyl sites for hydroxylation is 1. The molecular formula is C13H19ClN2O. The highest BCUT2D eigenvalue weighted by Gasteiger charge is 2.16. The Balaban J connectivity index is 2.76. The van der Waals surface area contributed by atoms with E-state index in [-0.39, 0.29) is 11.8 Å². The van der Waals surface area contributed by atoms with Crippen molar-refractivity contribution >= 4 is 23.2 Å². The van der Waals surface area contributed by atoms with Crippen molar-refractivity contribution in [3.05, 3.63) is 28.8 Å². The zero-order valence-corrected chi connectivity index (χ0v) is 11.1. The van der Waals surface area contributed by atoms with Crippen LogP contribution in [0.2, 0.25) is 5.02 Å². The number of carbonyl (C=O) groups is 1. The first kappa shape index (κ1) is 14.0. The standard InChI is InChI=1S/C13H19ClN2O/c1-3-4-10(8-15)13(17)16-12-7-11(14)6-5-9(12)2/h5-7,10H,3-4,8,15H2,1-2H3,(H,16,17). The van der Waals surface area contributed by atoms with Crippen molar-refractivity contribution in [3.8, 4) is 0 Å². The quantitative estimate of drug-likeness (QED) is 0.849. The van der Waals surface area contributed by atoms with E-state index in [9.17, 15) is 4.79 Å². The van der Waals surface area contributed by atoms with Crippen molar-refractivity contribution < 1.29 is 4.79 Å². The van der Waals surface area contributed by atoms with Crippen LogP contribution >= 0.6 is 11.6 Å². The van der Waals surface area contributed by atoms with Gasteiger partial charge in [-0.3, -0.25) is 4.79 Å². The minimum absolute atomic E-state index is 0.0280. The Kier molecular flexibility index (Phi) is 5.45. The highest BCUT2D eigenvalue weighted by Crippen LogP contribution is 2.21. The average Bonchev–Trinajstić information content (AvgIpc) is 2.30. The Bertz CT molecular complexity index is 393. The normalized spacial score (nSPS) is 12.2. The van der Waals surface area contributed by atoms with Gasteiger partial charge in [0, 0.05) is 17.3 Å². The van der Waals surface area contributed by atoms with Crippen LogP contribution in [-0.4, -0.2) is 12.5 Å². The van der Waals surface area contributed by atoms with Gasteiger partial charge < -0.3 is 11.1 Å². The van der Waals surface area contributed by atoms with Gasteiger partial charge in [0.25, 0.3) is 0 Å². The molecule has 0 aromatic heterocycles. The molecule has 3 nitrogen and oxygen atoms in total. The summed E-state index contributed by atoms with van der Waals surface area (Å²) in [5.74, 6) is -0.155. The molecule has 94 valence electrons. The zero-order valence-electron chi connectivity index (χ0n) is 10.3. The van der Waals surface area contributed by atoms with Crippen LogP contribution in [0.15, 0.2) is 18.2 Å². The summed E-state index contributed by atoms with van der Waals surface area (Å²) >= 11 is 5.90. The number of nitrogens with one attached hydrogen (secondary N) is 1. The summed E-state index contributed by atoms with van der Waals surface area (Å²) < 4.78 is 0. The van der Waals surface area contributed by atoms with E-state index in [1.54, 1.807) is 12.1 Å². The van der Waals surface area contributed by atoms with Gasteiger partial charge in [-0.25, -0.2) is 0 Å². The third-order valence-corrected chi connectivity index (χ3v) is 2.99. The molecule has 0 spiro atoms. The molecule has 1 atom stereocenters. The lowest BCUT2D eigenvalue weighted by Crippen LogP contribution is -2.29. The molecule has 1 aromatic rings. The van der Waals surface area contributed by atoms with Crippen LogP contribution in [0.5, 0.6) is 0 Å². The van der Waals surface area contributed by atoms with Crippen LogP contribution in [-0.2, 0) is 4.79 Å². The molecule has 0 aliphatic heterocycles. The predicted molar refractivity (Wildman–Crippen MR) is 72.3 cm³/mol. The number of hydrogen-bond donors (Lipinski definition) is 2. The number of anilines is 1. The SMILES string of the molecule is CCCC(CN)C(=O)Nc1cc(Cl)ccc1C. The van der Waals surface area contributed by atoms with E-state index < -0.39 is 0 Å². The van der Waals surface area contributed by atoms with Gasteiger partial charge in [0.05, 0.1) is 5.92 Å². The number of nitrogens with two attached hydrogens (primary N) is 1. The fraction of sp³-hybridized carbons (Fsp3) is 0.462. The summed E-state index contributed by atoms with van der Waals surface area (Å²) in [6.45, 7) is 4.35. The molecule has 0 saturated carbocycles. The van der Waals surface area contributed by atoms with Gasteiger partial charge in [-0.1, -0.05) is 31.0 Å². The van der Waals surface area contributed by atoms with Crippen molar-refractivity contribution in [1.29, 1.82) is 0 Å². The fourth-order valence-corrected chi connectivity index (χ4v) is 1.84. The molecular weight excluding hydrogens is 236 g/mol. The van der Waals surface area contributed by atoms with Gasteiger partial charge in [0.15, 0.2) is 0 Å². The van der Waals surface area contributed by atoms with Gasteiger partial charge in [-0.15, -0.1) is 0 Å². The summed E-state index contributed by atoms with van der Waals surface area (Å²) in [6.07, 6.45) is 1.76. The number of rotatable bonds is 5. The topological polar surface area (TPSA) is 55.1 Å². The van der Waals surface area contributed by atoms with Gasteiger partial charge in [0.2, 0.25) is 5.91 Å². The van der Waals surface area contributed by atoms with E-state index in [4.69, 9.17) is 17.3 Å². The summed E-state index contributed by atoms with van der Waals surface area (Å²) in [6, 6.07) is 5.45. The lowest BCUT2D eigenvalue weighted by molar-refractivity contribution is -0.119. The van der Waals surface area contributed by atoms with Crippen LogP contribution in [0.25, 0.3) is 0 Å². The Morgan fingerprint density at radius 1 is 1.53 bits per heavy atom. The molecule has 1 amide bonds. The number of carbonyl (C=O) groups excluding carboxylic acids is 1. The fourth-order valence-electron chi connectivity index (χ4n) is 1.67. The van der Waals surface area contributed by atoms with Crippen molar-refractivity contribution in [3.63, 3.8) is 0 Å². The summed E-state index contributed by atoms with van der Waals surface area (Å²) in [5.41, 5.74) is 7.35. The van der Waals surface area contributed by atoms with Crippen molar-refractivity contribution in [2.45, 2.75) is 26.7 Å². The minimum Gasteiger partial charge on any atom is -0.330 e. The molecule has 0 aliphatic carbocycles. The lowest BCUT2D eigenvalue weighted by Gasteiger charge is -2.15. The van der Waals surface area contributed by atoms with Crippen LogP contribution in [0, 0.1) is 12.8 Å². The number of benzene rings is 1. The summed E-state index contributed by atoms with van der Waals surface area (Å²) in [4.78, 5) is 12.0. The van der Waals surface area contributed by atoms with E-state index >= 15 is 0 Å². The van der Waals surface area contributed by atoms with Crippen LogP contribution < -0.4 is 11.1 Å². The van der Waals surface area contributed by atoms with Crippen LogP contribution in [0.4, 0.5) is 5.69 Å². The molecule has 17 heavy (non-hydrogen) atoms. The molecule has 1 aromatic carbocycles. The monoisotopic (exact) mass is 254 g/mol. The lowest BCUT2D eigenvalue weighted by atomic mass is 10.0. The Morgan fingerprint density at radius 3 is 2.82 bits per heavy atom. The average molecular weight is 255 g/mol. The van der Waals surface area contributed by atoms with Crippen LogP contribution in [0.1, 0.15) is 25.3 Å². The van der Waals surface area contributed by atoms with Gasteiger partial charge in [-0.05, 0) is 31.0 Å². The van der Waals surface area contributed by atoms with E-state index in [1.807, 2.05) is 19.9 Å². The molecule has 0 bridgehead atoms. The van der Waals surface area contributed by atoms with Crippen molar-refractivity contribution in [1.82, 2.24) is 0 Å². The second-order valence-electron chi connectivity index (χ2n) is 4.17.